The molecule has 3 rings (SSSR count). The van der Waals surface area contributed by atoms with Crippen LogP contribution in [0.4, 0.5) is 13.2 Å². The molecule has 0 saturated carbocycles. The topological polar surface area (TPSA) is 12.9 Å². The zero-order valence-electron chi connectivity index (χ0n) is 11.2. The van der Waals surface area contributed by atoms with Crippen molar-refractivity contribution in [1.29, 1.82) is 0 Å². The van der Waals surface area contributed by atoms with Gasteiger partial charge in [0, 0.05) is 10.9 Å². The first kappa shape index (κ1) is 16.5. The van der Waals surface area contributed by atoms with Crippen LogP contribution < -0.4 is 0 Å². The summed E-state index contributed by atoms with van der Waals surface area (Å²) < 4.78 is 36.0. The summed E-state index contributed by atoms with van der Waals surface area (Å²) in [5.74, 6) is 0. The van der Waals surface area contributed by atoms with E-state index in [1.54, 1.807) is 6.07 Å². The average Bonchev–Trinajstić information content (AvgIpc) is 2.96. The molecule has 0 atom stereocenters. The molecule has 0 aliphatic rings. The van der Waals surface area contributed by atoms with Crippen molar-refractivity contribution in [3.05, 3.63) is 76.1 Å². The monoisotopic (exact) mass is 341 g/mol. The molecule has 114 valence electrons. The number of thiazole rings is 1. The molecule has 0 amide bonds. The number of halogens is 4. The molecule has 0 radical (unpaired) electrons. The Kier molecular flexibility index (Phi) is 5.57. The Bertz CT molecular complexity index is 696. The Morgan fingerprint density at radius 2 is 1.41 bits per heavy atom. The van der Waals surface area contributed by atoms with Gasteiger partial charge < -0.3 is 0 Å². The fourth-order valence-corrected chi connectivity index (χ4v) is 2.39. The lowest BCUT2D eigenvalue weighted by molar-refractivity contribution is -0.137. The number of rotatable bonds is 1. The first-order valence-electron chi connectivity index (χ1n) is 6.25. The van der Waals surface area contributed by atoms with Gasteiger partial charge in [-0.1, -0.05) is 72.3 Å². The second-order valence-corrected chi connectivity index (χ2v) is 5.66. The smallest absolute Gasteiger partial charge is 0.225 e. The summed E-state index contributed by atoms with van der Waals surface area (Å²) in [6.07, 6.45) is -4.21. The summed E-state index contributed by atoms with van der Waals surface area (Å²) in [6, 6.07) is 16.4. The van der Waals surface area contributed by atoms with Crippen molar-refractivity contribution in [2.24, 2.45) is 0 Å². The quantitative estimate of drug-likeness (QED) is 0.516. The predicted molar refractivity (Wildman–Crippen MR) is 84.0 cm³/mol. The average molecular weight is 342 g/mol. The highest BCUT2D eigenvalue weighted by molar-refractivity contribution is 7.14. The molecule has 0 spiro atoms. The van der Waals surface area contributed by atoms with Gasteiger partial charge in [0.2, 0.25) is 0 Å². The molecule has 0 aliphatic carbocycles. The van der Waals surface area contributed by atoms with E-state index in [-0.39, 0.29) is 0 Å². The molecule has 6 heteroatoms. The number of alkyl halides is 3. The highest BCUT2D eigenvalue weighted by Crippen LogP contribution is 2.28. The molecule has 0 saturated heterocycles. The molecule has 22 heavy (non-hydrogen) atoms. The number of aromatic nitrogens is 1. The largest absolute Gasteiger partial charge is 0.416 e. The predicted octanol–water partition coefficient (Wildman–Crippen LogP) is 6.17. The van der Waals surface area contributed by atoms with Gasteiger partial charge in [0.25, 0.3) is 0 Å². The molecular weight excluding hydrogens is 331 g/mol. The third kappa shape index (κ3) is 4.86. The van der Waals surface area contributed by atoms with E-state index in [1.807, 2.05) is 35.7 Å². The summed E-state index contributed by atoms with van der Waals surface area (Å²) in [5, 5.41) is 1.96. The lowest BCUT2D eigenvalue weighted by Crippen LogP contribution is -2.03. The second kappa shape index (κ2) is 7.42. The van der Waals surface area contributed by atoms with Crippen LogP contribution in [0.2, 0.25) is 4.47 Å². The van der Waals surface area contributed by atoms with Gasteiger partial charge in [0.15, 0.2) is 4.47 Å². The minimum atomic E-state index is -4.21. The van der Waals surface area contributed by atoms with Crippen molar-refractivity contribution in [3.8, 4) is 11.3 Å². The Hall–Kier alpha value is -1.85. The maximum atomic E-state index is 11.8. The van der Waals surface area contributed by atoms with Crippen molar-refractivity contribution < 1.29 is 13.2 Å². The van der Waals surface area contributed by atoms with Crippen molar-refractivity contribution in [2.75, 3.05) is 0 Å². The molecule has 1 heterocycles. The SMILES string of the molecule is Clc1nc(-c2ccccc2)cs1.FC(F)(F)c1ccccc1. The van der Waals surface area contributed by atoms with E-state index in [2.05, 4.69) is 4.98 Å². The first-order chi connectivity index (χ1) is 10.5. The van der Waals surface area contributed by atoms with Crippen LogP contribution >= 0.6 is 22.9 Å². The molecule has 2 aromatic carbocycles. The van der Waals surface area contributed by atoms with Crippen LogP contribution in [0.3, 0.4) is 0 Å². The van der Waals surface area contributed by atoms with Crippen LogP contribution in [0.25, 0.3) is 11.3 Å². The van der Waals surface area contributed by atoms with E-state index < -0.39 is 11.7 Å². The van der Waals surface area contributed by atoms with Crippen molar-refractivity contribution in [1.82, 2.24) is 4.98 Å². The molecular formula is C16H11ClF3NS. The fourth-order valence-electron chi connectivity index (χ4n) is 1.62. The molecule has 1 aromatic heterocycles. The lowest BCUT2D eigenvalue weighted by Gasteiger charge is -2.03. The van der Waals surface area contributed by atoms with Crippen molar-refractivity contribution >= 4 is 22.9 Å². The zero-order valence-corrected chi connectivity index (χ0v) is 12.8. The molecule has 1 nitrogen and oxygen atoms in total. The highest BCUT2D eigenvalue weighted by Gasteiger charge is 2.29. The molecule has 0 unspecified atom stereocenters. The third-order valence-electron chi connectivity index (χ3n) is 2.65. The van der Waals surface area contributed by atoms with Gasteiger partial charge in [-0.3, -0.25) is 0 Å². The molecule has 0 N–H and O–H groups in total. The highest BCUT2D eigenvalue weighted by atomic mass is 35.5. The summed E-state index contributed by atoms with van der Waals surface area (Å²) in [6.45, 7) is 0. The van der Waals surface area contributed by atoms with E-state index in [0.717, 1.165) is 23.4 Å². The maximum Gasteiger partial charge on any atom is 0.416 e. The Labute approximate surface area is 135 Å². The maximum absolute atomic E-state index is 11.8. The lowest BCUT2D eigenvalue weighted by atomic mass is 10.2. The van der Waals surface area contributed by atoms with E-state index >= 15 is 0 Å². The van der Waals surface area contributed by atoms with Crippen LogP contribution in [0.15, 0.2) is 66.0 Å². The summed E-state index contributed by atoms with van der Waals surface area (Å²) >= 11 is 7.17. The molecule has 0 aliphatic heterocycles. The fraction of sp³-hybridized carbons (Fsp3) is 0.0625. The normalized spacial score (nSPS) is 10.7. The molecule has 0 fully saturated rings. The zero-order chi connectivity index (χ0) is 16.0. The Balaban J connectivity index is 0.000000164. The minimum Gasteiger partial charge on any atom is -0.225 e. The van der Waals surface area contributed by atoms with Crippen molar-refractivity contribution in [2.45, 2.75) is 6.18 Å². The van der Waals surface area contributed by atoms with Crippen LogP contribution in [0, 0.1) is 0 Å². The Morgan fingerprint density at radius 1 is 0.864 bits per heavy atom. The van der Waals surface area contributed by atoms with E-state index in [0.29, 0.717) is 4.47 Å². The Morgan fingerprint density at radius 3 is 1.82 bits per heavy atom. The standard InChI is InChI=1S/C9H6ClNS.C7H5F3/c10-9-11-8(6-12-9)7-4-2-1-3-5-7;8-7(9,10)6-4-2-1-3-5-6/h1-6H;1-5H. The number of hydrogen-bond donors (Lipinski definition) is 0. The minimum absolute atomic E-state index is 0.592. The third-order valence-corrected chi connectivity index (χ3v) is 3.63. The van der Waals surface area contributed by atoms with Crippen LogP contribution in [0.1, 0.15) is 5.56 Å². The summed E-state index contributed by atoms with van der Waals surface area (Å²) in [7, 11) is 0. The molecule has 3 aromatic rings. The first-order valence-corrected chi connectivity index (χ1v) is 7.51. The van der Waals surface area contributed by atoms with Gasteiger partial charge in [0.1, 0.15) is 0 Å². The summed E-state index contributed by atoms with van der Waals surface area (Å²) in [4.78, 5) is 4.16. The van der Waals surface area contributed by atoms with Crippen molar-refractivity contribution in [3.63, 3.8) is 0 Å². The number of nitrogens with zero attached hydrogens (tertiary/aromatic N) is 1. The van der Waals surface area contributed by atoms with E-state index in [1.165, 1.54) is 23.5 Å². The second-order valence-electron chi connectivity index (χ2n) is 4.22. The number of hydrogen-bond acceptors (Lipinski definition) is 2. The van der Waals surface area contributed by atoms with Gasteiger partial charge >= 0.3 is 6.18 Å². The van der Waals surface area contributed by atoms with Gasteiger partial charge in [-0.25, -0.2) is 4.98 Å². The van der Waals surface area contributed by atoms with Crippen LogP contribution in [-0.4, -0.2) is 4.98 Å². The summed E-state index contributed by atoms with van der Waals surface area (Å²) in [5.41, 5.74) is 1.46. The van der Waals surface area contributed by atoms with E-state index in [4.69, 9.17) is 11.6 Å². The van der Waals surface area contributed by atoms with Gasteiger partial charge in [-0.2, -0.15) is 13.2 Å². The molecule has 0 bridgehead atoms. The van der Waals surface area contributed by atoms with Gasteiger partial charge in [0.05, 0.1) is 11.3 Å². The van der Waals surface area contributed by atoms with Crippen LogP contribution in [0.5, 0.6) is 0 Å². The van der Waals surface area contributed by atoms with Gasteiger partial charge in [-0.05, 0) is 0 Å². The van der Waals surface area contributed by atoms with Gasteiger partial charge in [-0.15, -0.1) is 11.3 Å². The van der Waals surface area contributed by atoms with E-state index in [9.17, 15) is 13.2 Å². The van der Waals surface area contributed by atoms with Crippen LogP contribution in [-0.2, 0) is 6.18 Å². The number of benzene rings is 2.